The molecule has 0 saturated carbocycles. The molecule has 15 heavy (non-hydrogen) atoms. The summed E-state index contributed by atoms with van der Waals surface area (Å²) >= 11 is 11.9. The van der Waals surface area contributed by atoms with Crippen molar-refractivity contribution in [2.24, 2.45) is 0 Å². The van der Waals surface area contributed by atoms with Crippen LogP contribution in [0.3, 0.4) is 0 Å². The zero-order valence-electron chi connectivity index (χ0n) is 8.50. The third kappa shape index (κ3) is 1.84. The number of anilines is 1. The summed E-state index contributed by atoms with van der Waals surface area (Å²) in [6.07, 6.45) is 0. The Kier molecular flexibility index (Phi) is 2.89. The van der Waals surface area contributed by atoms with Crippen molar-refractivity contribution >= 4 is 28.9 Å². The van der Waals surface area contributed by atoms with Crippen LogP contribution >= 0.6 is 23.2 Å². The van der Waals surface area contributed by atoms with Crippen molar-refractivity contribution in [2.75, 3.05) is 18.1 Å². The number of hydrogen-bond acceptors (Lipinski definition) is 4. The van der Waals surface area contributed by atoms with Crippen LogP contribution in [0, 0.1) is 0 Å². The fourth-order valence-corrected chi connectivity index (χ4v) is 2.04. The highest BCUT2D eigenvalue weighted by Gasteiger charge is 2.27. The molecule has 0 fully saturated rings. The molecule has 1 aliphatic rings. The Morgan fingerprint density at radius 3 is 2.60 bits per heavy atom. The minimum absolute atomic E-state index is 0.264. The molecule has 0 radical (unpaired) electrons. The lowest BCUT2D eigenvalue weighted by molar-refractivity contribution is 0.301. The lowest BCUT2D eigenvalue weighted by Gasteiger charge is -2.34. The van der Waals surface area contributed by atoms with E-state index in [1.807, 2.05) is 0 Å². The summed E-state index contributed by atoms with van der Waals surface area (Å²) in [5, 5.41) is 8.10. The van der Waals surface area contributed by atoms with Crippen molar-refractivity contribution in [3.05, 3.63) is 10.3 Å². The molecule has 0 spiro atoms. The van der Waals surface area contributed by atoms with Crippen LogP contribution in [-0.4, -0.2) is 29.4 Å². The maximum atomic E-state index is 6.00. The molecular formula is C9H11Cl2N3O. The maximum absolute atomic E-state index is 6.00. The predicted molar refractivity (Wildman–Crippen MR) is 60.0 cm³/mol. The molecule has 82 valence electrons. The van der Waals surface area contributed by atoms with E-state index in [0.717, 1.165) is 12.2 Å². The minimum atomic E-state index is 0.264. The van der Waals surface area contributed by atoms with Gasteiger partial charge in [-0.1, -0.05) is 23.2 Å². The Morgan fingerprint density at radius 1 is 1.27 bits per heavy atom. The average molecular weight is 248 g/mol. The average Bonchev–Trinajstić information content (AvgIpc) is 2.23. The van der Waals surface area contributed by atoms with Crippen molar-refractivity contribution in [1.29, 1.82) is 0 Å². The summed E-state index contributed by atoms with van der Waals surface area (Å²) in [6.45, 7) is 5.54. The van der Waals surface area contributed by atoms with Gasteiger partial charge in [0, 0.05) is 6.04 Å². The summed E-state index contributed by atoms with van der Waals surface area (Å²) in [4.78, 5) is 2.11. The first-order valence-electron chi connectivity index (χ1n) is 4.72. The monoisotopic (exact) mass is 247 g/mol. The largest absolute Gasteiger partial charge is 0.486 e. The van der Waals surface area contributed by atoms with Crippen LogP contribution in [0.5, 0.6) is 5.75 Å². The maximum Gasteiger partial charge on any atom is 0.195 e. The standard InChI is InChI=1S/C9H11Cl2N3O/c1-5(2)14-3-4-15-7-6(14)8(10)12-13-9(7)11/h5H,3-4H2,1-2H3. The molecule has 0 saturated heterocycles. The first-order valence-corrected chi connectivity index (χ1v) is 5.48. The molecule has 0 atom stereocenters. The second kappa shape index (κ2) is 4.02. The molecule has 1 aromatic heterocycles. The van der Waals surface area contributed by atoms with E-state index in [1.165, 1.54) is 0 Å². The van der Waals surface area contributed by atoms with Gasteiger partial charge in [-0.15, -0.1) is 10.2 Å². The second-order valence-electron chi connectivity index (χ2n) is 3.59. The quantitative estimate of drug-likeness (QED) is 0.764. The van der Waals surface area contributed by atoms with E-state index in [2.05, 4.69) is 28.9 Å². The van der Waals surface area contributed by atoms with Crippen molar-refractivity contribution in [3.8, 4) is 5.75 Å². The Labute approximate surface area is 98.1 Å². The van der Waals surface area contributed by atoms with Crippen LogP contribution in [0.1, 0.15) is 13.8 Å². The molecular weight excluding hydrogens is 237 g/mol. The van der Waals surface area contributed by atoms with E-state index in [9.17, 15) is 0 Å². The number of halogens is 2. The molecule has 0 N–H and O–H groups in total. The van der Waals surface area contributed by atoms with Crippen molar-refractivity contribution in [3.63, 3.8) is 0 Å². The smallest absolute Gasteiger partial charge is 0.195 e. The summed E-state index contributed by atoms with van der Waals surface area (Å²) in [7, 11) is 0. The minimum Gasteiger partial charge on any atom is -0.486 e. The zero-order valence-corrected chi connectivity index (χ0v) is 10.0. The van der Waals surface area contributed by atoms with Gasteiger partial charge in [0.2, 0.25) is 0 Å². The van der Waals surface area contributed by atoms with Crippen LogP contribution in [0.4, 0.5) is 5.69 Å². The van der Waals surface area contributed by atoms with Crippen LogP contribution in [0.25, 0.3) is 0 Å². The molecule has 2 heterocycles. The van der Waals surface area contributed by atoms with Gasteiger partial charge < -0.3 is 9.64 Å². The highest BCUT2D eigenvalue weighted by Crippen LogP contribution is 2.41. The van der Waals surface area contributed by atoms with Gasteiger partial charge in [-0.2, -0.15) is 0 Å². The molecule has 1 aromatic rings. The van der Waals surface area contributed by atoms with Gasteiger partial charge in [0.05, 0.1) is 6.54 Å². The van der Waals surface area contributed by atoms with Crippen LogP contribution < -0.4 is 9.64 Å². The highest BCUT2D eigenvalue weighted by atomic mass is 35.5. The molecule has 0 amide bonds. The van der Waals surface area contributed by atoms with Crippen molar-refractivity contribution in [2.45, 2.75) is 19.9 Å². The first kappa shape index (κ1) is 10.8. The Balaban J connectivity index is 2.54. The molecule has 2 rings (SSSR count). The molecule has 1 aliphatic heterocycles. The highest BCUT2D eigenvalue weighted by molar-refractivity contribution is 6.35. The van der Waals surface area contributed by atoms with E-state index in [4.69, 9.17) is 27.9 Å². The Morgan fingerprint density at radius 2 is 1.93 bits per heavy atom. The fourth-order valence-electron chi connectivity index (χ4n) is 1.62. The predicted octanol–water partition coefficient (Wildman–Crippen LogP) is 2.39. The van der Waals surface area contributed by atoms with Crippen LogP contribution in [0.2, 0.25) is 10.3 Å². The van der Waals surface area contributed by atoms with Crippen molar-refractivity contribution < 1.29 is 4.74 Å². The van der Waals surface area contributed by atoms with Gasteiger partial charge in [0.15, 0.2) is 16.1 Å². The summed E-state index contributed by atoms with van der Waals surface area (Å²) < 4.78 is 5.45. The van der Waals surface area contributed by atoms with E-state index < -0.39 is 0 Å². The third-order valence-electron chi connectivity index (χ3n) is 2.31. The second-order valence-corrected chi connectivity index (χ2v) is 4.31. The SMILES string of the molecule is CC(C)N1CCOc2c(Cl)nnc(Cl)c21. The number of rotatable bonds is 1. The first-order chi connectivity index (χ1) is 7.11. The molecule has 4 nitrogen and oxygen atoms in total. The number of ether oxygens (including phenoxy) is 1. The van der Waals surface area contributed by atoms with Crippen LogP contribution in [-0.2, 0) is 0 Å². The number of fused-ring (bicyclic) bond motifs is 1. The summed E-state index contributed by atoms with van der Waals surface area (Å²) in [5.41, 5.74) is 0.748. The van der Waals surface area contributed by atoms with Gasteiger partial charge in [0.1, 0.15) is 12.3 Å². The van der Waals surface area contributed by atoms with Crippen molar-refractivity contribution in [1.82, 2.24) is 10.2 Å². The molecule has 0 unspecified atom stereocenters. The van der Waals surface area contributed by atoms with E-state index in [-0.39, 0.29) is 5.15 Å². The fraction of sp³-hybridized carbons (Fsp3) is 0.556. The van der Waals surface area contributed by atoms with Gasteiger partial charge in [-0.3, -0.25) is 0 Å². The van der Waals surface area contributed by atoms with Gasteiger partial charge in [0.25, 0.3) is 0 Å². The lowest BCUT2D eigenvalue weighted by atomic mass is 10.2. The zero-order chi connectivity index (χ0) is 11.0. The molecule has 0 aliphatic carbocycles. The van der Waals surface area contributed by atoms with E-state index in [1.54, 1.807) is 0 Å². The molecule has 0 aromatic carbocycles. The topological polar surface area (TPSA) is 38.2 Å². The third-order valence-corrected chi connectivity index (χ3v) is 2.81. The molecule has 6 heteroatoms. The van der Waals surface area contributed by atoms with Crippen LogP contribution in [0.15, 0.2) is 0 Å². The number of hydrogen-bond donors (Lipinski definition) is 0. The number of aromatic nitrogens is 2. The number of nitrogens with zero attached hydrogens (tertiary/aromatic N) is 3. The summed E-state index contributed by atoms with van der Waals surface area (Å²) in [6, 6.07) is 0.324. The van der Waals surface area contributed by atoms with Gasteiger partial charge >= 0.3 is 0 Å². The Hall–Kier alpha value is -0.740. The van der Waals surface area contributed by atoms with Gasteiger partial charge in [-0.25, -0.2) is 0 Å². The van der Waals surface area contributed by atoms with E-state index in [0.29, 0.717) is 23.6 Å². The normalized spacial score (nSPS) is 15.1. The van der Waals surface area contributed by atoms with Gasteiger partial charge in [-0.05, 0) is 13.8 Å². The summed E-state index contributed by atoms with van der Waals surface area (Å²) in [5.74, 6) is 0.539. The molecule has 0 bridgehead atoms. The van der Waals surface area contributed by atoms with E-state index >= 15 is 0 Å². The lowest BCUT2D eigenvalue weighted by Crippen LogP contribution is -2.38. The Bertz CT molecular complexity index is 384.